The molecule has 0 radical (unpaired) electrons. The first-order valence-electron chi connectivity index (χ1n) is 10.5. The van der Waals surface area contributed by atoms with Crippen LogP contribution in [0.4, 0.5) is 22.0 Å². The van der Waals surface area contributed by atoms with Crippen molar-refractivity contribution in [2.75, 3.05) is 6.61 Å². The lowest BCUT2D eigenvalue weighted by Gasteiger charge is -2.63. The van der Waals surface area contributed by atoms with Crippen LogP contribution in [0.25, 0.3) is 0 Å². The maximum atomic E-state index is 15.5. The van der Waals surface area contributed by atoms with Crippen LogP contribution in [0.3, 0.4) is 0 Å². The van der Waals surface area contributed by atoms with Crippen LogP contribution >= 0.6 is 0 Å². The predicted molar refractivity (Wildman–Crippen MR) is 96.7 cm³/mol. The SMILES string of the molecule is C=C(C)C(=O)OCC1(C)OC(C23CC4CC(CC(C4)C2)C3)C(F)(F)C(O)(C(F)(F)F)O1. The van der Waals surface area contributed by atoms with Crippen LogP contribution in [0.5, 0.6) is 0 Å². The maximum absolute atomic E-state index is 15.5. The summed E-state index contributed by atoms with van der Waals surface area (Å²) in [6.45, 7) is 4.76. The van der Waals surface area contributed by atoms with E-state index in [9.17, 15) is 23.1 Å². The van der Waals surface area contributed by atoms with E-state index < -0.39 is 47.8 Å². The first kappa shape index (κ1) is 22.9. The summed E-state index contributed by atoms with van der Waals surface area (Å²) in [6, 6.07) is 0. The summed E-state index contributed by atoms with van der Waals surface area (Å²) in [7, 11) is 0. The summed E-state index contributed by atoms with van der Waals surface area (Å²) in [6.07, 6.45) is -4.46. The molecule has 5 fully saturated rings. The number of hydrogen-bond donors (Lipinski definition) is 1. The van der Waals surface area contributed by atoms with Gasteiger partial charge in [-0.2, -0.15) is 22.0 Å². The Morgan fingerprint density at radius 2 is 1.61 bits per heavy atom. The van der Waals surface area contributed by atoms with Crippen LogP contribution in [0, 0.1) is 23.2 Å². The zero-order chi connectivity index (χ0) is 23.0. The lowest BCUT2D eigenvalue weighted by atomic mass is 9.47. The van der Waals surface area contributed by atoms with Gasteiger partial charge in [-0.05, 0) is 70.1 Å². The number of esters is 1. The first-order chi connectivity index (χ1) is 14.1. The summed E-state index contributed by atoms with van der Waals surface area (Å²) in [5.41, 5.74) is -1.24. The van der Waals surface area contributed by atoms with E-state index in [0.29, 0.717) is 19.3 Å². The molecule has 4 aliphatic carbocycles. The van der Waals surface area contributed by atoms with Gasteiger partial charge in [0.05, 0.1) is 0 Å². The van der Waals surface area contributed by atoms with Crippen molar-refractivity contribution >= 4 is 5.97 Å². The summed E-state index contributed by atoms with van der Waals surface area (Å²) in [4.78, 5) is 11.8. The minimum atomic E-state index is -5.81. The summed E-state index contributed by atoms with van der Waals surface area (Å²) >= 11 is 0. The molecular formula is C21H27F5O5. The van der Waals surface area contributed by atoms with Crippen molar-refractivity contribution in [2.45, 2.75) is 82.1 Å². The highest BCUT2D eigenvalue weighted by atomic mass is 19.4. The van der Waals surface area contributed by atoms with E-state index in [0.717, 1.165) is 26.2 Å². The molecule has 4 bridgehead atoms. The number of halogens is 5. The molecule has 0 spiro atoms. The second-order valence-electron chi connectivity index (χ2n) is 10.1. The molecule has 1 saturated heterocycles. The third kappa shape index (κ3) is 3.49. The van der Waals surface area contributed by atoms with Crippen molar-refractivity contribution in [3.63, 3.8) is 0 Å². The van der Waals surface area contributed by atoms with Crippen molar-refractivity contribution in [2.24, 2.45) is 23.2 Å². The van der Waals surface area contributed by atoms with E-state index in [1.54, 1.807) is 0 Å². The number of hydrogen-bond acceptors (Lipinski definition) is 5. The van der Waals surface area contributed by atoms with E-state index >= 15 is 8.78 Å². The van der Waals surface area contributed by atoms with Crippen LogP contribution in [0.1, 0.15) is 52.4 Å². The van der Waals surface area contributed by atoms with Gasteiger partial charge in [0.2, 0.25) is 5.79 Å². The zero-order valence-electron chi connectivity index (χ0n) is 17.4. The largest absolute Gasteiger partial charge is 0.457 e. The standard InChI is InChI=1S/C21H27F5O5/c1-11(2)15(27)29-10-17(3)30-16(19(22,23)20(28,31-17)21(24,25)26)18-7-12-4-13(8-18)6-14(5-12)9-18/h12-14,16,28H,1,4-10H2,2-3H3. The quantitative estimate of drug-likeness (QED) is 0.389. The topological polar surface area (TPSA) is 65.0 Å². The van der Waals surface area contributed by atoms with Gasteiger partial charge in [-0.15, -0.1) is 0 Å². The average Bonchev–Trinajstić information content (AvgIpc) is 2.61. The van der Waals surface area contributed by atoms with Gasteiger partial charge < -0.3 is 19.3 Å². The van der Waals surface area contributed by atoms with Crippen molar-refractivity contribution in [3.8, 4) is 0 Å². The fourth-order valence-electron chi connectivity index (χ4n) is 6.54. The second kappa shape index (κ2) is 6.87. The lowest BCUT2D eigenvalue weighted by Crippen LogP contribution is -2.77. The molecule has 176 valence electrons. The Labute approximate surface area is 176 Å². The summed E-state index contributed by atoms with van der Waals surface area (Å²) in [5, 5.41) is 10.3. The fraction of sp³-hybridized carbons (Fsp3) is 0.857. The molecule has 1 aliphatic heterocycles. The van der Waals surface area contributed by atoms with Gasteiger partial charge in [-0.1, -0.05) is 6.58 Å². The second-order valence-corrected chi connectivity index (χ2v) is 10.1. The Kier molecular flexibility index (Phi) is 5.08. The minimum Gasteiger partial charge on any atom is -0.457 e. The number of rotatable bonds is 4. The van der Waals surface area contributed by atoms with Gasteiger partial charge in [0, 0.05) is 11.0 Å². The van der Waals surface area contributed by atoms with Gasteiger partial charge in [0.1, 0.15) is 12.7 Å². The molecule has 0 aromatic carbocycles. The molecule has 1 heterocycles. The van der Waals surface area contributed by atoms with Gasteiger partial charge in [-0.3, -0.25) is 0 Å². The molecule has 4 saturated carbocycles. The Morgan fingerprint density at radius 1 is 1.13 bits per heavy atom. The summed E-state index contributed by atoms with van der Waals surface area (Å²) < 4.78 is 87.3. The molecule has 5 aliphatic rings. The molecule has 5 rings (SSSR count). The average molecular weight is 454 g/mol. The third-order valence-corrected chi connectivity index (χ3v) is 7.35. The van der Waals surface area contributed by atoms with E-state index in [1.165, 1.54) is 6.92 Å². The van der Waals surface area contributed by atoms with Gasteiger partial charge in [-0.25, -0.2) is 4.79 Å². The molecular weight excluding hydrogens is 427 g/mol. The summed E-state index contributed by atoms with van der Waals surface area (Å²) in [5.74, 6) is -12.4. The highest BCUT2D eigenvalue weighted by Gasteiger charge is 2.81. The number of carbonyl (C=O) groups is 1. The molecule has 0 aromatic rings. The van der Waals surface area contributed by atoms with Gasteiger partial charge in [0.25, 0.3) is 0 Å². The normalized spacial score (nSPS) is 46.1. The van der Waals surface area contributed by atoms with Gasteiger partial charge in [0.15, 0.2) is 0 Å². The maximum Gasteiger partial charge on any atom is 0.449 e. The van der Waals surface area contributed by atoms with E-state index in [-0.39, 0.29) is 23.3 Å². The van der Waals surface area contributed by atoms with Crippen LogP contribution in [-0.4, -0.2) is 47.5 Å². The predicted octanol–water partition coefficient (Wildman–Crippen LogP) is 4.34. The number of ether oxygens (including phenoxy) is 3. The van der Waals surface area contributed by atoms with Crippen molar-refractivity contribution in [1.82, 2.24) is 0 Å². The number of aliphatic hydroxyl groups is 1. The van der Waals surface area contributed by atoms with Gasteiger partial charge >= 0.3 is 23.9 Å². The zero-order valence-corrected chi connectivity index (χ0v) is 17.4. The Morgan fingerprint density at radius 3 is 2.03 bits per heavy atom. The van der Waals surface area contributed by atoms with E-state index in [2.05, 4.69) is 11.3 Å². The number of carbonyl (C=O) groups excluding carboxylic acids is 1. The fourth-order valence-corrected chi connectivity index (χ4v) is 6.54. The van der Waals surface area contributed by atoms with Crippen LogP contribution in [0.15, 0.2) is 12.2 Å². The Hall–Kier alpha value is -1.26. The van der Waals surface area contributed by atoms with Crippen molar-refractivity contribution < 1.29 is 46.1 Å². The van der Waals surface area contributed by atoms with Crippen LogP contribution < -0.4 is 0 Å². The molecule has 1 N–H and O–H groups in total. The van der Waals surface area contributed by atoms with Crippen molar-refractivity contribution in [1.29, 1.82) is 0 Å². The molecule has 10 heteroatoms. The lowest BCUT2D eigenvalue weighted by molar-refractivity contribution is -0.538. The molecule has 3 unspecified atom stereocenters. The molecule has 0 aromatic heterocycles. The Balaban J connectivity index is 1.72. The van der Waals surface area contributed by atoms with Crippen LogP contribution in [0.2, 0.25) is 0 Å². The molecule has 31 heavy (non-hydrogen) atoms. The van der Waals surface area contributed by atoms with E-state index in [4.69, 9.17) is 9.47 Å². The molecule has 3 atom stereocenters. The first-order valence-corrected chi connectivity index (χ1v) is 10.5. The van der Waals surface area contributed by atoms with E-state index in [1.807, 2.05) is 0 Å². The number of alkyl halides is 5. The monoisotopic (exact) mass is 454 g/mol. The van der Waals surface area contributed by atoms with Crippen molar-refractivity contribution in [3.05, 3.63) is 12.2 Å². The minimum absolute atomic E-state index is 0.0338. The Bertz CT molecular complexity index is 743. The highest BCUT2D eigenvalue weighted by molar-refractivity contribution is 5.86. The third-order valence-electron chi connectivity index (χ3n) is 7.35. The van der Waals surface area contributed by atoms with Crippen LogP contribution in [-0.2, 0) is 19.0 Å². The smallest absolute Gasteiger partial charge is 0.449 e. The highest BCUT2D eigenvalue weighted by Crippen LogP contribution is 2.66. The molecule has 5 nitrogen and oxygen atoms in total. The molecule has 0 amide bonds.